The number of rotatable bonds is 10. The van der Waals surface area contributed by atoms with E-state index in [0.29, 0.717) is 18.0 Å². The molecule has 32 heavy (non-hydrogen) atoms. The highest BCUT2D eigenvalue weighted by Crippen LogP contribution is 2.62. The molecule has 0 aromatic heterocycles. The zero-order chi connectivity index (χ0) is 22.9. The quantitative estimate of drug-likeness (QED) is 0.468. The van der Waals surface area contributed by atoms with Crippen molar-refractivity contribution in [2.75, 3.05) is 39.1 Å². The zero-order valence-electron chi connectivity index (χ0n) is 18.2. The van der Waals surface area contributed by atoms with Gasteiger partial charge in [0.05, 0.1) is 12.3 Å². The number of anilines is 1. The Labute approximate surface area is 188 Å². The summed E-state index contributed by atoms with van der Waals surface area (Å²) in [7, 11) is -0.0810. The number of carboxylic acid groups (broad SMARTS) is 1. The number of sulfonamides is 1. The first-order valence-corrected chi connectivity index (χ1v) is 12.2. The van der Waals surface area contributed by atoms with Crippen molar-refractivity contribution in [2.24, 2.45) is 5.92 Å². The second-order valence-electron chi connectivity index (χ2n) is 8.65. The van der Waals surface area contributed by atoms with E-state index in [1.807, 2.05) is 20.2 Å². The zero-order valence-corrected chi connectivity index (χ0v) is 19.1. The van der Waals surface area contributed by atoms with Crippen LogP contribution in [-0.2, 0) is 14.8 Å². The average Bonchev–Trinajstić information content (AvgIpc) is 3.42. The average molecular weight is 460 g/mol. The van der Waals surface area contributed by atoms with Gasteiger partial charge in [0.2, 0.25) is 10.0 Å². The maximum atomic E-state index is 13.4. The molecule has 1 saturated carbocycles. The predicted molar refractivity (Wildman–Crippen MR) is 122 cm³/mol. The summed E-state index contributed by atoms with van der Waals surface area (Å²) < 4.78 is 35.0. The number of ether oxygens (including phenoxy) is 1. The number of carboxylic acids is 1. The van der Waals surface area contributed by atoms with Gasteiger partial charge in [-0.15, -0.1) is 0 Å². The lowest BCUT2D eigenvalue weighted by Crippen LogP contribution is -2.46. The Kier molecular flexibility index (Phi) is 6.15. The minimum Gasteiger partial charge on any atom is -0.493 e. The minimum atomic E-state index is -4.11. The third kappa shape index (κ3) is 4.07. The highest BCUT2D eigenvalue weighted by atomic mass is 32.2. The Balaban J connectivity index is 1.55. The van der Waals surface area contributed by atoms with Crippen molar-refractivity contribution < 1.29 is 23.1 Å². The molecule has 2 aromatic rings. The summed E-state index contributed by atoms with van der Waals surface area (Å²) in [6.07, 6.45) is 1.87. The van der Waals surface area contributed by atoms with Crippen molar-refractivity contribution in [1.82, 2.24) is 9.62 Å². The van der Waals surface area contributed by atoms with Gasteiger partial charge in [-0.1, -0.05) is 30.3 Å². The second kappa shape index (κ2) is 8.73. The van der Waals surface area contributed by atoms with E-state index in [0.717, 1.165) is 24.9 Å². The lowest BCUT2D eigenvalue weighted by atomic mass is 10.0. The summed E-state index contributed by atoms with van der Waals surface area (Å²) in [5.41, 5.74) is -0.434. The third-order valence-corrected chi connectivity index (χ3v) is 7.76. The van der Waals surface area contributed by atoms with Crippen LogP contribution in [-0.4, -0.2) is 63.7 Å². The molecule has 2 aromatic carbocycles. The van der Waals surface area contributed by atoms with Crippen molar-refractivity contribution >= 4 is 21.7 Å². The van der Waals surface area contributed by atoms with Crippen molar-refractivity contribution in [1.29, 1.82) is 0 Å². The van der Waals surface area contributed by atoms with Gasteiger partial charge in [-0.05, 0) is 51.7 Å². The Morgan fingerprint density at radius 3 is 2.62 bits per heavy atom. The molecule has 9 heteroatoms. The molecular weight excluding hydrogens is 430 g/mol. The van der Waals surface area contributed by atoms with Crippen LogP contribution in [0.25, 0.3) is 0 Å². The molecule has 1 aliphatic heterocycles. The first-order chi connectivity index (χ1) is 15.3. The normalized spacial score (nSPS) is 23.7. The summed E-state index contributed by atoms with van der Waals surface area (Å²) in [4.78, 5) is 14.5. The second-order valence-corrected chi connectivity index (χ2v) is 10.3. The Bertz CT molecular complexity index is 1100. The van der Waals surface area contributed by atoms with Crippen LogP contribution in [0.4, 0.5) is 5.69 Å². The molecule has 8 nitrogen and oxygen atoms in total. The monoisotopic (exact) mass is 459 g/mol. The van der Waals surface area contributed by atoms with E-state index in [4.69, 9.17) is 4.74 Å². The lowest BCUT2D eigenvalue weighted by Gasteiger charge is -2.18. The molecule has 3 atom stereocenters. The summed E-state index contributed by atoms with van der Waals surface area (Å²) in [6.45, 7) is 1.73. The summed E-state index contributed by atoms with van der Waals surface area (Å²) in [5.74, 6) is -1.51. The molecule has 0 bridgehead atoms. The van der Waals surface area contributed by atoms with Crippen LogP contribution in [0.3, 0.4) is 0 Å². The molecule has 1 heterocycles. The largest absolute Gasteiger partial charge is 0.493 e. The van der Waals surface area contributed by atoms with Crippen molar-refractivity contribution in [2.45, 2.75) is 29.2 Å². The van der Waals surface area contributed by atoms with E-state index in [2.05, 4.69) is 14.9 Å². The maximum Gasteiger partial charge on any atom is 0.326 e. The number of para-hydroxylation sites is 2. The van der Waals surface area contributed by atoms with Gasteiger partial charge in [0, 0.05) is 23.9 Å². The summed E-state index contributed by atoms with van der Waals surface area (Å²) in [6, 6.07) is 13.8. The van der Waals surface area contributed by atoms with Crippen LogP contribution in [0, 0.1) is 5.92 Å². The van der Waals surface area contributed by atoms with Crippen molar-refractivity contribution in [3.63, 3.8) is 0 Å². The predicted octanol–water partition coefficient (Wildman–Crippen LogP) is 2.35. The molecule has 4 rings (SSSR count). The van der Waals surface area contributed by atoms with Crippen LogP contribution in [0.5, 0.6) is 5.75 Å². The van der Waals surface area contributed by atoms with Crippen LogP contribution < -0.4 is 14.8 Å². The number of unbranched alkanes of at least 4 members (excludes halogenated alkanes) is 1. The molecule has 2 aliphatic rings. The fourth-order valence-electron chi connectivity index (χ4n) is 4.57. The van der Waals surface area contributed by atoms with E-state index < -0.39 is 33.4 Å². The van der Waals surface area contributed by atoms with Gasteiger partial charge >= 0.3 is 5.97 Å². The van der Waals surface area contributed by atoms with E-state index >= 15 is 0 Å². The molecule has 0 saturated heterocycles. The topological polar surface area (TPSA) is 108 Å². The van der Waals surface area contributed by atoms with Gasteiger partial charge < -0.3 is 20.1 Å². The minimum absolute atomic E-state index is 0.0473. The molecule has 0 radical (unpaired) electrons. The van der Waals surface area contributed by atoms with Gasteiger partial charge in [0.25, 0.3) is 0 Å². The maximum absolute atomic E-state index is 13.4. The smallest absolute Gasteiger partial charge is 0.326 e. The van der Waals surface area contributed by atoms with Gasteiger partial charge in [-0.2, -0.15) is 4.72 Å². The van der Waals surface area contributed by atoms with E-state index in [9.17, 15) is 18.3 Å². The lowest BCUT2D eigenvalue weighted by molar-refractivity contribution is -0.140. The highest BCUT2D eigenvalue weighted by Gasteiger charge is 2.74. The van der Waals surface area contributed by atoms with Crippen molar-refractivity contribution in [3.05, 3.63) is 54.1 Å². The Morgan fingerprint density at radius 2 is 1.88 bits per heavy atom. The van der Waals surface area contributed by atoms with Crippen LogP contribution in [0.1, 0.15) is 24.3 Å². The van der Waals surface area contributed by atoms with Gasteiger partial charge in [0.1, 0.15) is 16.2 Å². The number of hydrogen-bond donors (Lipinski definition) is 3. The number of nitrogens with one attached hydrogen (secondary N) is 2. The molecule has 0 amide bonds. The SMILES string of the molecule is CN(C)CCCCNc1ccccc1S(=O)(=O)NC1(C(=O)O)C2COc3ccccc3C21. The van der Waals surface area contributed by atoms with E-state index in [-0.39, 0.29) is 11.5 Å². The van der Waals surface area contributed by atoms with Crippen molar-refractivity contribution in [3.8, 4) is 5.75 Å². The molecule has 1 fully saturated rings. The van der Waals surface area contributed by atoms with Gasteiger partial charge in [0.15, 0.2) is 0 Å². The fraction of sp³-hybridized carbons (Fsp3) is 0.435. The van der Waals surface area contributed by atoms with E-state index in [1.165, 1.54) is 6.07 Å². The van der Waals surface area contributed by atoms with Crippen LogP contribution in [0.2, 0.25) is 0 Å². The van der Waals surface area contributed by atoms with Crippen LogP contribution in [0.15, 0.2) is 53.4 Å². The Morgan fingerprint density at radius 1 is 1.16 bits per heavy atom. The Hall–Kier alpha value is -2.62. The number of aliphatic carboxylic acids is 1. The molecule has 0 spiro atoms. The first kappa shape index (κ1) is 22.6. The molecule has 1 aliphatic carbocycles. The molecule has 172 valence electrons. The number of hydrogen-bond acceptors (Lipinski definition) is 6. The number of carbonyl (C=O) groups is 1. The molecular formula is C23H29N3O5S. The standard InChI is InChI=1S/C23H29N3O5S/c1-26(2)14-8-7-13-24-18-10-4-6-12-20(18)32(29,30)25-23(22(27)28)17-15-31-19-11-5-3-9-16(19)21(17)23/h3-6,9-12,17,21,24-25H,7-8,13-15H2,1-2H3,(H,27,28). The highest BCUT2D eigenvalue weighted by molar-refractivity contribution is 7.89. The summed E-state index contributed by atoms with van der Waals surface area (Å²) in [5, 5.41) is 13.3. The number of nitrogens with zero attached hydrogens (tertiary/aromatic N) is 1. The van der Waals surface area contributed by atoms with Gasteiger partial charge in [-0.25, -0.2) is 8.42 Å². The molecule has 3 unspecified atom stereocenters. The molecule has 3 N–H and O–H groups in total. The fourth-order valence-corrected chi connectivity index (χ4v) is 6.18. The van der Waals surface area contributed by atoms with Gasteiger partial charge in [-0.3, -0.25) is 4.79 Å². The summed E-state index contributed by atoms with van der Waals surface area (Å²) >= 11 is 0. The number of benzene rings is 2. The third-order valence-electron chi connectivity index (χ3n) is 6.22. The van der Waals surface area contributed by atoms with E-state index in [1.54, 1.807) is 36.4 Å². The van der Waals surface area contributed by atoms with Crippen LogP contribution >= 0.6 is 0 Å². The number of fused-ring (bicyclic) bond motifs is 3. The first-order valence-electron chi connectivity index (χ1n) is 10.7.